The molecule has 2 amide bonds. The monoisotopic (exact) mass is 589 g/mol. The number of anilines is 1. The smallest absolute Gasteiger partial charge is 0.264 e. The third-order valence-electron chi connectivity index (χ3n) is 6.23. The van der Waals surface area contributed by atoms with Gasteiger partial charge < -0.3 is 10.2 Å². The number of nitrogens with one attached hydrogen (secondary N) is 1. The van der Waals surface area contributed by atoms with E-state index in [1.807, 2.05) is 45.0 Å². The summed E-state index contributed by atoms with van der Waals surface area (Å²) in [6.07, 6.45) is 0.344. The van der Waals surface area contributed by atoms with Crippen LogP contribution in [-0.4, -0.2) is 44.3 Å². The van der Waals surface area contributed by atoms with Gasteiger partial charge in [0.05, 0.1) is 10.6 Å². The molecule has 0 aliphatic carbocycles. The third-order valence-corrected chi connectivity index (χ3v) is 8.46. The molecule has 208 valence electrons. The summed E-state index contributed by atoms with van der Waals surface area (Å²) in [4.78, 5) is 28.4. The van der Waals surface area contributed by atoms with E-state index in [0.717, 1.165) is 21.0 Å². The molecule has 0 spiro atoms. The number of hydrogen-bond donors (Lipinski definition) is 1. The molecule has 3 aromatic carbocycles. The van der Waals surface area contributed by atoms with E-state index in [0.29, 0.717) is 13.0 Å². The van der Waals surface area contributed by atoms with Crippen molar-refractivity contribution >= 4 is 50.7 Å². The lowest BCUT2D eigenvalue weighted by Gasteiger charge is -2.33. The van der Waals surface area contributed by atoms with E-state index in [4.69, 9.17) is 23.2 Å². The Kier molecular flexibility index (Phi) is 10.4. The number of carbonyl (C=O) groups is 2. The fourth-order valence-electron chi connectivity index (χ4n) is 4.15. The highest BCUT2D eigenvalue weighted by molar-refractivity contribution is 7.92. The normalized spacial score (nSPS) is 12.1. The van der Waals surface area contributed by atoms with Gasteiger partial charge in [0.15, 0.2) is 0 Å². The molecule has 0 saturated carbocycles. The Bertz CT molecular complexity index is 1390. The number of aryl methyl sites for hydroxylation is 2. The highest BCUT2D eigenvalue weighted by atomic mass is 35.5. The van der Waals surface area contributed by atoms with Crippen LogP contribution in [0.5, 0.6) is 0 Å². The van der Waals surface area contributed by atoms with Crippen molar-refractivity contribution in [2.45, 2.75) is 51.6 Å². The second kappa shape index (κ2) is 13.3. The van der Waals surface area contributed by atoms with Crippen LogP contribution in [0, 0.1) is 13.8 Å². The number of amides is 2. The summed E-state index contributed by atoms with van der Waals surface area (Å²) in [5.41, 5.74) is 2.90. The minimum atomic E-state index is -4.21. The molecule has 0 radical (unpaired) electrons. The van der Waals surface area contributed by atoms with E-state index in [-0.39, 0.29) is 33.1 Å². The zero-order chi connectivity index (χ0) is 28.7. The van der Waals surface area contributed by atoms with Crippen LogP contribution in [0.3, 0.4) is 0 Å². The van der Waals surface area contributed by atoms with Crippen LogP contribution in [-0.2, 0) is 26.2 Å². The Morgan fingerprint density at radius 3 is 1.92 bits per heavy atom. The number of likely N-dealkylation sites (N-methyl/N-ethyl adjacent to an activating group) is 1. The van der Waals surface area contributed by atoms with Crippen molar-refractivity contribution in [1.82, 2.24) is 10.2 Å². The van der Waals surface area contributed by atoms with E-state index in [1.54, 1.807) is 19.1 Å². The molecule has 0 saturated heterocycles. The molecular weight excluding hydrogens is 557 g/mol. The van der Waals surface area contributed by atoms with Crippen LogP contribution < -0.4 is 9.62 Å². The lowest BCUT2D eigenvalue weighted by Crippen LogP contribution is -2.52. The Morgan fingerprint density at radius 2 is 1.41 bits per heavy atom. The van der Waals surface area contributed by atoms with Crippen molar-refractivity contribution < 1.29 is 18.0 Å². The molecule has 0 heterocycles. The number of nitrogens with zero attached hydrogens (tertiary/aromatic N) is 2. The predicted molar refractivity (Wildman–Crippen MR) is 157 cm³/mol. The van der Waals surface area contributed by atoms with Gasteiger partial charge in [0.1, 0.15) is 12.6 Å². The molecule has 0 fully saturated rings. The molecular formula is C29H33Cl2N3O4S. The van der Waals surface area contributed by atoms with Gasteiger partial charge in [-0.3, -0.25) is 13.9 Å². The summed E-state index contributed by atoms with van der Waals surface area (Å²) < 4.78 is 28.8. The Labute approximate surface area is 240 Å². The van der Waals surface area contributed by atoms with Crippen LogP contribution in [0.25, 0.3) is 0 Å². The zero-order valence-electron chi connectivity index (χ0n) is 22.4. The largest absolute Gasteiger partial charge is 0.355 e. The van der Waals surface area contributed by atoms with Gasteiger partial charge in [-0.25, -0.2) is 8.42 Å². The second-order valence-electron chi connectivity index (χ2n) is 9.28. The van der Waals surface area contributed by atoms with Gasteiger partial charge in [-0.1, -0.05) is 77.7 Å². The number of sulfonamides is 1. The molecule has 0 aromatic heterocycles. The maximum absolute atomic E-state index is 14.0. The Hall–Kier alpha value is -3.07. The lowest BCUT2D eigenvalue weighted by molar-refractivity contribution is -0.140. The highest BCUT2D eigenvalue weighted by Gasteiger charge is 2.33. The molecule has 39 heavy (non-hydrogen) atoms. The molecule has 0 aliphatic rings. The van der Waals surface area contributed by atoms with Crippen LogP contribution in [0.4, 0.5) is 5.69 Å². The minimum absolute atomic E-state index is 0.0119. The first-order valence-corrected chi connectivity index (χ1v) is 14.8. The first-order chi connectivity index (χ1) is 18.5. The van der Waals surface area contributed by atoms with Crippen molar-refractivity contribution in [1.29, 1.82) is 0 Å². The van der Waals surface area contributed by atoms with Crippen LogP contribution in [0.1, 0.15) is 37.0 Å². The number of carbonyl (C=O) groups excluding carboxylic acids is 2. The van der Waals surface area contributed by atoms with Gasteiger partial charge in [0.2, 0.25) is 11.8 Å². The van der Waals surface area contributed by atoms with Crippen LogP contribution >= 0.6 is 23.2 Å². The zero-order valence-corrected chi connectivity index (χ0v) is 24.8. The average molecular weight is 591 g/mol. The summed E-state index contributed by atoms with van der Waals surface area (Å²) in [7, 11) is -4.21. The van der Waals surface area contributed by atoms with Gasteiger partial charge in [0, 0.05) is 23.1 Å². The maximum Gasteiger partial charge on any atom is 0.264 e. The van der Waals surface area contributed by atoms with Gasteiger partial charge in [-0.15, -0.1) is 0 Å². The fraction of sp³-hybridized carbons (Fsp3) is 0.310. The van der Waals surface area contributed by atoms with Crippen molar-refractivity contribution in [2.75, 3.05) is 17.4 Å². The number of hydrogen-bond acceptors (Lipinski definition) is 4. The maximum atomic E-state index is 14.0. The van der Waals surface area contributed by atoms with Crippen molar-refractivity contribution in [3.63, 3.8) is 0 Å². The Balaban J connectivity index is 2.09. The molecule has 1 N–H and O–H groups in total. The SMILES string of the molecule is CCNC(=O)[C@@H](CC)N(Cc1ccc(C)cc1)C(=O)CN(c1cc(Cl)cc(Cl)c1)S(=O)(=O)c1ccc(C)cc1. The molecule has 10 heteroatoms. The Morgan fingerprint density at radius 1 is 0.872 bits per heavy atom. The summed E-state index contributed by atoms with van der Waals surface area (Å²) in [5, 5.41) is 3.23. The molecule has 0 bridgehead atoms. The van der Waals surface area contributed by atoms with Crippen molar-refractivity contribution in [3.8, 4) is 0 Å². The quantitative estimate of drug-likeness (QED) is 0.308. The molecule has 7 nitrogen and oxygen atoms in total. The standard InChI is InChI=1S/C29H33Cl2N3O4S/c1-5-27(29(36)32-6-2)33(18-22-11-7-20(3)8-12-22)28(35)19-34(25-16-23(30)15-24(31)17-25)39(37,38)26-13-9-21(4)10-14-26/h7-17,27H,5-6,18-19H2,1-4H3,(H,32,36)/t27-/m1/s1. The lowest BCUT2D eigenvalue weighted by atomic mass is 10.1. The highest BCUT2D eigenvalue weighted by Crippen LogP contribution is 2.30. The average Bonchev–Trinajstić information content (AvgIpc) is 2.88. The summed E-state index contributed by atoms with van der Waals surface area (Å²) in [6, 6.07) is 17.5. The number of rotatable bonds is 11. The minimum Gasteiger partial charge on any atom is -0.355 e. The van der Waals surface area contributed by atoms with Crippen molar-refractivity contribution in [3.05, 3.63) is 93.5 Å². The third kappa shape index (κ3) is 7.75. The van der Waals surface area contributed by atoms with Crippen LogP contribution in [0.15, 0.2) is 71.6 Å². The summed E-state index contributed by atoms with van der Waals surface area (Å²) in [5.74, 6) is -0.848. The van der Waals surface area contributed by atoms with E-state index in [2.05, 4.69) is 5.32 Å². The number of benzene rings is 3. The topological polar surface area (TPSA) is 86.8 Å². The van der Waals surface area contributed by atoms with Gasteiger partial charge in [-0.05, 0) is 63.1 Å². The second-order valence-corrected chi connectivity index (χ2v) is 12.0. The molecule has 0 aliphatic heterocycles. The van der Waals surface area contributed by atoms with Gasteiger partial charge >= 0.3 is 0 Å². The number of halogens is 2. The molecule has 1 atom stereocenters. The summed E-state index contributed by atoms with van der Waals surface area (Å²) >= 11 is 12.5. The molecule has 0 unspecified atom stereocenters. The first-order valence-electron chi connectivity index (χ1n) is 12.6. The van der Waals surface area contributed by atoms with Gasteiger partial charge in [0.25, 0.3) is 10.0 Å². The van der Waals surface area contributed by atoms with Crippen molar-refractivity contribution in [2.24, 2.45) is 0 Å². The predicted octanol–water partition coefficient (Wildman–Crippen LogP) is 5.75. The van der Waals surface area contributed by atoms with E-state index >= 15 is 0 Å². The van der Waals surface area contributed by atoms with Crippen LogP contribution in [0.2, 0.25) is 10.0 Å². The van der Waals surface area contributed by atoms with Gasteiger partial charge in [-0.2, -0.15) is 0 Å². The first kappa shape index (κ1) is 30.5. The summed E-state index contributed by atoms with van der Waals surface area (Å²) in [6.45, 7) is 7.39. The molecule has 3 aromatic rings. The fourth-order valence-corrected chi connectivity index (χ4v) is 6.06. The van der Waals surface area contributed by atoms with E-state index < -0.39 is 28.5 Å². The van der Waals surface area contributed by atoms with E-state index in [9.17, 15) is 18.0 Å². The van der Waals surface area contributed by atoms with E-state index in [1.165, 1.54) is 35.2 Å². The molecule has 3 rings (SSSR count).